The predicted molar refractivity (Wildman–Crippen MR) is 106 cm³/mol. The highest BCUT2D eigenvalue weighted by atomic mass is 16.2. The topological polar surface area (TPSA) is 58.2 Å². The molecule has 4 heteroatoms. The molecule has 0 unspecified atom stereocenters. The second-order valence-electron chi connectivity index (χ2n) is 7.69. The molecule has 0 aliphatic rings. The zero-order chi connectivity index (χ0) is 19.5. The van der Waals surface area contributed by atoms with Crippen molar-refractivity contribution in [2.75, 3.05) is 0 Å². The summed E-state index contributed by atoms with van der Waals surface area (Å²) in [5.41, 5.74) is 10.1. The molecule has 0 aromatic heterocycles. The Morgan fingerprint density at radius 3 is 1.92 bits per heavy atom. The van der Waals surface area contributed by atoms with Gasteiger partial charge in [0.15, 0.2) is 5.78 Å². The predicted octanol–water partition coefficient (Wildman–Crippen LogP) is 4.13. The summed E-state index contributed by atoms with van der Waals surface area (Å²) in [5.74, 6) is -0.222. The van der Waals surface area contributed by atoms with Crippen molar-refractivity contribution in [1.29, 1.82) is 0 Å². The Kier molecular flexibility index (Phi) is 5.98. The van der Waals surface area contributed by atoms with Crippen LogP contribution in [0.25, 0.3) is 0 Å². The Hall–Kier alpha value is -2.46. The van der Waals surface area contributed by atoms with Crippen LogP contribution in [0.2, 0.25) is 0 Å². The summed E-state index contributed by atoms with van der Waals surface area (Å²) in [6.07, 6.45) is 0.943. The zero-order valence-corrected chi connectivity index (χ0v) is 16.5. The van der Waals surface area contributed by atoms with Gasteiger partial charge in [-0.1, -0.05) is 31.2 Å². The Morgan fingerprint density at radius 2 is 1.46 bits per heavy atom. The molecule has 26 heavy (non-hydrogen) atoms. The van der Waals surface area contributed by atoms with Crippen LogP contribution < -0.4 is 10.9 Å². The molecule has 4 nitrogen and oxygen atoms in total. The van der Waals surface area contributed by atoms with Crippen LogP contribution in [0.1, 0.15) is 70.7 Å². The number of hydrogen-bond donors (Lipinski definition) is 2. The SMILES string of the molecule is CCc1ccc(C(=O)c2c(C)cc(C(=O)NNC(C)(C)C)cc2C)cc1. The first-order chi connectivity index (χ1) is 12.1. The first-order valence-electron chi connectivity index (χ1n) is 8.94. The minimum absolute atomic E-state index is 0.0116. The molecular weight excluding hydrogens is 324 g/mol. The number of ketones is 1. The minimum atomic E-state index is -0.222. The highest BCUT2D eigenvalue weighted by Gasteiger charge is 2.18. The zero-order valence-electron chi connectivity index (χ0n) is 16.5. The first kappa shape index (κ1) is 19.9. The van der Waals surface area contributed by atoms with Gasteiger partial charge in [-0.3, -0.25) is 15.0 Å². The summed E-state index contributed by atoms with van der Waals surface area (Å²) < 4.78 is 0. The summed E-state index contributed by atoms with van der Waals surface area (Å²) in [4.78, 5) is 25.3. The van der Waals surface area contributed by atoms with E-state index >= 15 is 0 Å². The lowest BCUT2D eigenvalue weighted by molar-refractivity contribution is 0.0913. The maximum Gasteiger partial charge on any atom is 0.265 e. The second-order valence-corrected chi connectivity index (χ2v) is 7.69. The molecule has 0 aliphatic heterocycles. The number of rotatable bonds is 5. The Bertz CT molecular complexity index is 792. The molecule has 0 spiro atoms. The molecule has 2 N–H and O–H groups in total. The molecule has 0 saturated heterocycles. The van der Waals surface area contributed by atoms with Crippen molar-refractivity contribution in [3.05, 3.63) is 69.8 Å². The number of aryl methyl sites for hydroxylation is 3. The lowest BCUT2D eigenvalue weighted by Crippen LogP contribution is -2.48. The van der Waals surface area contributed by atoms with E-state index in [1.807, 2.05) is 58.9 Å². The molecule has 138 valence electrons. The van der Waals surface area contributed by atoms with Gasteiger partial charge in [-0.2, -0.15) is 0 Å². The van der Waals surface area contributed by atoms with Gasteiger partial charge >= 0.3 is 0 Å². The van der Waals surface area contributed by atoms with Gasteiger partial charge in [0.2, 0.25) is 0 Å². The Morgan fingerprint density at radius 1 is 0.923 bits per heavy atom. The van der Waals surface area contributed by atoms with Crippen molar-refractivity contribution in [3.8, 4) is 0 Å². The van der Waals surface area contributed by atoms with Crippen molar-refractivity contribution in [2.24, 2.45) is 0 Å². The van der Waals surface area contributed by atoms with E-state index in [2.05, 4.69) is 17.8 Å². The monoisotopic (exact) mass is 352 g/mol. The quantitative estimate of drug-likeness (QED) is 0.628. The van der Waals surface area contributed by atoms with Gasteiger partial charge in [0.25, 0.3) is 5.91 Å². The van der Waals surface area contributed by atoms with Gasteiger partial charge in [-0.15, -0.1) is 0 Å². The van der Waals surface area contributed by atoms with Crippen LogP contribution in [0, 0.1) is 13.8 Å². The maximum atomic E-state index is 12.9. The number of benzene rings is 2. The van der Waals surface area contributed by atoms with Gasteiger partial charge in [-0.25, -0.2) is 5.43 Å². The maximum absolute atomic E-state index is 12.9. The van der Waals surface area contributed by atoms with Crippen molar-refractivity contribution in [1.82, 2.24) is 10.9 Å². The minimum Gasteiger partial charge on any atom is -0.289 e. The molecule has 2 aromatic rings. The second kappa shape index (κ2) is 7.83. The summed E-state index contributed by atoms with van der Waals surface area (Å²) in [5, 5.41) is 0. The van der Waals surface area contributed by atoms with Crippen molar-refractivity contribution < 1.29 is 9.59 Å². The van der Waals surface area contributed by atoms with Gasteiger partial charge in [0, 0.05) is 22.2 Å². The van der Waals surface area contributed by atoms with Gasteiger partial charge < -0.3 is 0 Å². The van der Waals surface area contributed by atoms with E-state index in [-0.39, 0.29) is 17.2 Å². The van der Waals surface area contributed by atoms with Crippen molar-refractivity contribution in [2.45, 2.75) is 53.5 Å². The van der Waals surface area contributed by atoms with E-state index < -0.39 is 0 Å². The summed E-state index contributed by atoms with van der Waals surface area (Å²) in [6, 6.07) is 11.2. The number of amides is 1. The van der Waals surface area contributed by atoms with Crippen LogP contribution in [0.3, 0.4) is 0 Å². The number of hydrogen-bond acceptors (Lipinski definition) is 3. The van der Waals surface area contributed by atoms with Gasteiger partial charge in [0.05, 0.1) is 0 Å². The average molecular weight is 352 g/mol. The third kappa shape index (κ3) is 4.79. The van der Waals surface area contributed by atoms with Crippen LogP contribution >= 0.6 is 0 Å². The lowest BCUT2D eigenvalue weighted by atomic mass is 9.92. The molecule has 2 aromatic carbocycles. The van der Waals surface area contributed by atoms with Crippen molar-refractivity contribution in [3.63, 3.8) is 0 Å². The fraction of sp³-hybridized carbons (Fsp3) is 0.364. The van der Waals surface area contributed by atoms with Crippen LogP contribution in [0.4, 0.5) is 0 Å². The van der Waals surface area contributed by atoms with E-state index in [9.17, 15) is 9.59 Å². The van der Waals surface area contributed by atoms with Crippen LogP contribution in [0.5, 0.6) is 0 Å². The molecule has 0 bridgehead atoms. The highest BCUT2D eigenvalue weighted by Crippen LogP contribution is 2.21. The van der Waals surface area contributed by atoms with Crippen LogP contribution in [0.15, 0.2) is 36.4 Å². The average Bonchev–Trinajstić information content (AvgIpc) is 2.58. The van der Waals surface area contributed by atoms with E-state index in [1.165, 1.54) is 5.56 Å². The highest BCUT2D eigenvalue weighted by molar-refractivity contribution is 6.11. The third-order valence-corrected chi connectivity index (χ3v) is 4.20. The number of carbonyl (C=O) groups is 2. The van der Waals surface area contributed by atoms with E-state index in [0.29, 0.717) is 16.7 Å². The standard InChI is InChI=1S/C22H28N2O2/c1-7-16-8-10-17(11-9-16)20(25)19-14(2)12-18(13-15(19)3)21(26)23-24-22(4,5)6/h8-13,24H,7H2,1-6H3,(H,23,26). The molecule has 0 radical (unpaired) electrons. The lowest BCUT2D eigenvalue weighted by Gasteiger charge is -2.21. The smallest absolute Gasteiger partial charge is 0.265 e. The molecular formula is C22H28N2O2. The molecule has 0 fully saturated rings. The molecule has 0 saturated carbocycles. The molecule has 0 atom stereocenters. The molecule has 2 rings (SSSR count). The van der Waals surface area contributed by atoms with Crippen LogP contribution in [-0.2, 0) is 6.42 Å². The molecule has 0 heterocycles. The number of hydrazine groups is 1. The van der Waals surface area contributed by atoms with Gasteiger partial charge in [0.1, 0.15) is 0 Å². The van der Waals surface area contributed by atoms with E-state index in [4.69, 9.17) is 0 Å². The number of nitrogens with one attached hydrogen (secondary N) is 2. The fourth-order valence-electron chi connectivity index (χ4n) is 2.81. The molecule has 1 amide bonds. The Labute approximate surface area is 156 Å². The summed E-state index contributed by atoms with van der Waals surface area (Å²) in [6.45, 7) is 11.7. The largest absolute Gasteiger partial charge is 0.289 e. The molecule has 0 aliphatic carbocycles. The Balaban J connectivity index is 2.28. The van der Waals surface area contributed by atoms with Crippen molar-refractivity contribution >= 4 is 11.7 Å². The summed E-state index contributed by atoms with van der Waals surface area (Å²) in [7, 11) is 0. The van der Waals surface area contributed by atoms with Crippen LogP contribution in [-0.4, -0.2) is 17.2 Å². The number of carbonyl (C=O) groups excluding carboxylic acids is 2. The summed E-state index contributed by atoms with van der Waals surface area (Å²) >= 11 is 0. The van der Waals surface area contributed by atoms with Gasteiger partial charge in [-0.05, 0) is 69.9 Å². The fourth-order valence-corrected chi connectivity index (χ4v) is 2.81. The first-order valence-corrected chi connectivity index (χ1v) is 8.94. The third-order valence-electron chi connectivity index (χ3n) is 4.20. The van der Waals surface area contributed by atoms with E-state index in [1.54, 1.807) is 12.1 Å². The van der Waals surface area contributed by atoms with E-state index in [0.717, 1.165) is 17.5 Å². The normalized spacial score (nSPS) is 11.3.